The molecular weight excluding hydrogens is 462 g/mol. The van der Waals surface area contributed by atoms with Crippen LogP contribution in [0.3, 0.4) is 0 Å². The molecule has 178 valence electrons. The minimum Gasteiger partial charge on any atom is -0.442 e. The molecule has 0 bridgehead atoms. The lowest BCUT2D eigenvalue weighted by molar-refractivity contribution is -0.134. The van der Waals surface area contributed by atoms with Gasteiger partial charge in [-0.15, -0.1) is 10.2 Å². The van der Waals surface area contributed by atoms with E-state index in [1.807, 2.05) is 6.07 Å². The molecule has 2 amide bonds. The molecule has 0 spiro atoms. The molecule has 2 atom stereocenters. The van der Waals surface area contributed by atoms with Gasteiger partial charge in [-0.2, -0.15) is 0 Å². The van der Waals surface area contributed by atoms with Gasteiger partial charge >= 0.3 is 6.09 Å². The highest BCUT2D eigenvalue weighted by Gasteiger charge is 2.36. The van der Waals surface area contributed by atoms with Gasteiger partial charge in [-0.1, -0.05) is 36.3 Å². The number of amides is 2. The molecule has 1 unspecified atom stereocenters. The zero-order valence-electron chi connectivity index (χ0n) is 19.6. The summed E-state index contributed by atoms with van der Waals surface area (Å²) in [6.45, 7) is 5.42. The van der Waals surface area contributed by atoms with Crippen molar-refractivity contribution in [3.8, 4) is 0 Å². The molecule has 1 aromatic heterocycles. The van der Waals surface area contributed by atoms with Crippen LogP contribution in [0.1, 0.15) is 52.1 Å². The van der Waals surface area contributed by atoms with E-state index >= 15 is 0 Å². The Morgan fingerprint density at radius 1 is 1.18 bits per heavy atom. The normalized spacial score (nSPS) is 18.5. The number of fused-ring (bicyclic) bond motifs is 1. The van der Waals surface area contributed by atoms with E-state index in [2.05, 4.69) is 15.6 Å². The Labute approximate surface area is 204 Å². The molecule has 0 radical (unpaired) electrons. The Morgan fingerprint density at radius 2 is 1.91 bits per heavy atom. The van der Waals surface area contributed by atoms with E-state index < -0.39 is 11.7 Å². The molecule has 1 fully saturated rings. The van der Waals surface area contributed by atoms with E-state index in [0.717, 1.165) is 24.6 Å². The Bertz CT molecular complexity index is 1060. The Hall–Kier alpha value is -2.52. The van der Waals surface area contributed by atoms with Gasteiger partial charge in [0.25, 0.3) is 0 Å². The molecule has 8 nitrogen and oxygen atoms in total. The minimum absolute atomic E-state index is 0.0606. The van der Waals surface area contributed by atoms with Crippen molar-refractivity contribution >= 4 is 51.7 Å². The number of nitrogens with one attached hydrogen (secondary N) is 1. The first-order valence-corrected chi connectivity index (χ1v) is 11.7. The van der Waals surface area contributed by atoms with Crippen LogP contribution < -0.4 is 5.43 Å². The zero-order valence-corrected chi connectivity index (χ0v) is 21.2. The molecule has 10 heteroatoms. The second kappa shape index (κ2) is 10.2. The largest absolute Gasteiger partial charge is 0.442 e. The van der Waals surface area contributed by atoms with E-state index in [0.29, 0.717) is 22.7 Å². The van der Waals surface area contributed by atoms with Crippen LogP contribution in [0.4, 0.5) is 4.79 Å². The lowest BCUT2D eigenvalue weighted by Gasteiger charge is -2.38. The van der Waals surface area contributed by atoms with Crippen LogP contribution in [0.2, 0.25) is 5.02 Å². The van der Waals surface area contributed by atoms with E-state index in [1.165, 1.54) is 5.01 Å². The van der Waals surface area contributed by atoms with Gasteiger partial charge < -0.3 is 9.64 Å². The molecule has 0 saturated heterocycles. The van der Waals surface area contributed by atoms with Crippen molar-refractivity contribution in [3.63, 3.8) is 0 Å². The number of hydrogen-bond acceptors (Lipinski definition) is 6. The highest BCUT2D eigenvalue weighted by Crippen LogP contribution is 2.29. The molecule has 1 saturated carbocycles. The van der Waals surface area contributed by atoms with E-state index in [4.69, 9.17) is 28.6 Å². The molecule has 33 heavy (non-hydrogen) atoms. The third-order valence-corrected chi connectivity index (χ3v) is 5.93. The van der Waals surface area contributed by atoms with Crippen molar-refractivity contribution in [2.45, 2.75) is 58.1 Å². The summed E-state index contributed by atoms with van der Waals surface area (Å²) in [4.78, 5) is 27.5. The van der Waals surface area contributed by atoms with E-state index in [-0.39, 0.29) is 22.9 Å². The van der Waals surface area contributed by atoms with Crippen molar-refractivity contribution < 1.29 is 14.3 Å². The van der Waals surface area contributed by atoms with Gasteiger partial charge in [0.15, 0.2) is 0 Å². The summed E-state index contributed by atoms with van der Waals surface area (Å²) >= 11 is 11.6. The van der Waals surface area contributed by atoms with Crippen molar-refractivity contribution in [1.82, 2.24) is 25.5 Å². The predicted molar refractivity (Wildman–Crippen MR) is 132 cm³/mol. The van der Waals surface area contributed by atoms with Crippen LogP contribution in [0.25, 0.3) is 10.9 Å². The van der Waals surface area contributed by atoms with Crippen LogP contribution in [0, 0.1) is 5.92 Å². The number of carbonyl (C=O) groups is 2. The minimum atomic E-state index is -0.686. The summed E-state index contributed by atoms with van der Waals surface area (Å²) in [5, 5.41) is 11.2. The molecule has 1 aliphatic rings. The summed E-state index contributed by atoms with van der Waals surface area (Å²) in [7, 11) is 3.49. The second-order valence-corrected chi connectivity index (χ2v) is 10.3. The highest BCUT2D eigenvalue weighted by atomic mass is 35.5. The molecule has 1 N–H and O–H groups in total. The number of benzene rings is 1. The Balaban J connectivity index is 1.84. The number of thiocarbonyl (C=S) groups is 1. The zero-order chi connectivity index (χ0) is 24.3. The van der Waals surface area contributed by atoms with E-state index in [1.54, 1.807) is 58.0 Å². The van der Waals surface area contributed by atoms with Crippen LogP contribution in [-0.2, 0) is 9.53 Å². The van der Waals surface area contributed by atoms with Crippen LogP contribution in [0.15, 0.2) is 24.3 Å². The first-order valence-electron chi connectivity index (χ1n) is 10.9. The maximum absolute atomic E-state index is 13.1. The first-order chi connectivity index (χ1) is 15.4. The molecule has 1 heterocycles. The maximum atomic E-state index is 13.1. The third-order valence-electron chi connectivity index (χ3n) is 5.40. The van der Waals surface area contributed by atoms with Crippen LogP contribution in [-0.4, -0.2) is 62.8 Å². The molecule has 1 aromatic carbocycles. The van der Waals surface area contributed by atoms with Gasteiger partial charge in [0.05, 0.1) is 11.6 Å². The Morgan fingerprint density at radius 3 is 2.58 bits per heavy atom. The van der Waals surface area contributed by atoms with Gasteiger partial charge in [-0.05, 0) is 58.2 Å². The molecule has 3 rings (SSSR count). The summed E-state index contributed by atoms with van der Waals surface area (Å²) in [5.41, 5.74) is 3.41. The quantitative estimate of drug-likeness (QED) is 0.504. The number of hydrazine groups is 1. The fourth-order valence-corrected chi connectivity index (χ4v) is 4.24. The van der Waals surface area contributed by atoms with Gasteiger partial charge in [-0.25, -0.2) is 9.80 Å². The van der Waals surface area contributed by atoms with Crippen molar-refractivity contribution in [2.24, 2.45) is 5.92 Å². The number of rotatable bonds is 3. The molecular formula is C23H30ClN5O3S. The van der Waals surface area contributed by atoms with Gasteiger partial charge in [0.2, 0.25) is 5.91 Å². The Kier molecular flexibility index (Phi) is 7.74. The van der Waals surface area contributed by atoms with Gasteiger partial charge in [0.1, 0.15) is 16.3 Å². The average molecular weight is 492 g/mol. The maximum Gasteiger partial charge on any atom is 0.429 e. The summed E-state index contributed by atoms with van der Waals surface area (Å²) in [6.07, 6.45) is 2.31. The second-order valence-electron chi connectivity index (χ2n) is 9.47. The van der Waals surface area contributed by atoms with Gasteiger partial charge in [-0.3, -0.25) is 10.2 Å². The van der Waals surface area contributed by atoms with Crippen molar-refractivity contribution in [1.29, 1.82) is 0 Å². The lowest BCUT2D eigenvalue weighted by Crippen LogP contribution is -2.55. The number of aromatic nitrogens is 2. The van der Waals surface area contributed by atoms with E-state index in [9.17, 15) is 9.59 Å². The number of carbonyl (C=O) groups excluding carboxylic acids is 2. The fraction of sp³-hybridized carbons (Fsp3) is 0.522. The van der Waals surface area contributed by atoms with Crippen molar-refractivity contribution in [3.05, 3.63) is 35.0 Å². The number of nitrogens with zero attached hydrogens (tertiary/aromatic N) is 4. The molecule has 0 aliphatic heterocycles. The molecule has 2 aromatic rings. The lowest BCUT2D eigenvalue weighted by atomic mass is 9.84. The number of ether oxygens (including phenoxy) is 1. The van der Waals surface area contributed by atoms with Crippen LogP contribution >= 0.6 is 23.8 Å². The SMILES string of the molecule is CN(C)C(=O)[C@H]1CCCC(N(NC(=S)c2cc3ccc(Cl)cc3nn2)C(=O)OC(C)(C)C)C1. The predicted octanol–water partition coefficient (Wildman–Crippen LogP) is 4.35. The molecule has 1 aliphatic carbocycles. The number of halogens is 1. The highest BCUT2D eigenvalue weighted by molar-refractivity contribution is 7.80. The summed E-state index contributed by atoms with van der Waals surface area (Å²) in [5.74, 6) is -0.102. The summed E-state index contributed by atoms with van der Waals surface area (Å²) < 4.78 is 5.64. The standard InChI is InChI=1S/C23H30ClN5O3S/c1-23(2,3)32-22(31)29(17-8-6-7-15(11-17)21(30)28(4)5)27-20(33)19-12-14-9-10-16(24)13-18(14)25-26-19/h9-10,12-13,15,17H,6-8,11H2,1-5H3,(H,27,33)/t15-,17?/m0/s1. The fourth-order valence-electron chi connectivity index (χ4n) is 3.87. The third kappa shape index (κ3) is 6.51. The summed E-state index contributed by atoms with van der Waals surface area (Å²) in [6, 6.07) is 6.86. The van der Waals surface area contributed by atoms with Crippen LogP contribution in [0.5, 0.6) is 0 Å². The van der Waals surface area contributed by atoms with Crippen molar-refractivity contribution in [2.75, 3.05) is 14.1 Å². The monoisotopic (exact) mass is 491 g/mol. The average Bonchev–Trinajstić information content (AvgIpc) is 2.75. The topological polar surface area (TPSA) is 87.7 Å². The number of hydrogen-bond donors (Lipinski definition) is 1. The van der Waals surface area contributed by atoms with Gasteiger partial charge in [0, 0.05) is 30.4 Å². The smallest absolute Gasteiger partial charge is 0.429 e. The first kappa shape index (κ1) is 25.1.